The quantitative estimate of drug-likeness (QED) is 0.693. The highest BCUT2D eigenvalue weighted by Gasteiger charge is 2.25. The van der Waals surface area contributed by atoms with Crippen molar-refractivity contribution < 1.29 is 19.1 Å². The van der Waals surface area contributed by atoms with Crippen LogP contribution in [0.4, 0.5) is 0 Å². The van der Waals surface area contributed by atoms with Gasteiger partial charge in [-0.05, 0) is 48.4 Å². The third kappa shape index (κ3) is 3.86. The molecule has 3 rings (SSSR count). The lowest BCUT2D eigenvalue weighted by Gasteiger charge is -2.16. The van der Waals surface area contributed by atoms with Crippen molar-refractivity contribution in [3.63, 3.8) is 0 Å². The molecule has 1 aromatic heterocycles. The van der Waals surface area contributed by atoms with Gasteiger partial charge in [0.1, 0.15) is 0 Å². The molecule has 0 aliphatic carbocycles. The van der Waals surface area contributed by atoms with Crippen LogP contribution in [0.3, 0.4) is 0 Å². The van der Waals surface area contributed by atoms with E-state index in [1.807, 2.05) is 19.1 Å². The number of nitrogens with zero attached hydrogens (tertiary/aromatic N) is 1. The van der Waals surface area contributed by atoms with E-state index in [0.29, 0.717) is 10.6 Å². The zero-order chi connectivity index (χ0) is 18.7. The Balaban J connectivity index is 1.82. The highest BCUT2D eigenvalue weighted by molar-refractivity contribution is 6.30. The van der Waals surface area contributed by atoms with Crippen LogP contribution in [-0.2, 0) is 20.7 Å². The molecule has 6 nitrogen and oxygen atoms in total. The van der Waals surface area contributed by atoms with Gasteiger partial charge in [-0.3, -0.25) is 5.10 Å². The van der Waals surface area contributed by atoms with Crippen LogP contribution in [0.15, 0.2) is 42.6 Å². The number of nitrogens with one attached hydrogen (secondary N) is 1. The first-order chi connectivity index (χ1) is 12.5. The number of halogens is 1. The van der Waals surface area contributed by atoms with Crippen LogP contribution in [0.1, 0.15) is 21.5 Å². The van der Waals surface area contributed by atoms with Gasteiger partial charge in [0.05, 0.1) is 24.4 Å². The average molecular weight is 373 g/mol. The SMILES string of the molecule is COC(=O)[C@@H](Cc1cc(C)c2[nH]ncc2c1)OC(=O)c1ccc(Cl)cc1. The summed E-state index contributed by atoms with van der Waals surface area (Å²) in [5.74, 6) is -1.23. The molecule has 26 heavy (non-hydrogen) atoms. The number of carbonyl (C=O) groups is 2. The van der Waals surface area contributed by atoms with Gasteiger partial charge in [0.2, 0.25) is 6.10 Å². The van der Waals surface area contributed by atoms with Crippen LogP contribution < -0.4 is 0 Å². The Labute approximate surface area is 155 Å². The van der Waals surface area contributed by atoms with Gasteiger partial charge < -0.3 is 9.47 Å². The number of hydrogen-bond acceptors (Lipinski definition) is 5. The van der Waals surface area contributed by atoms with Gasteiger partial charge in [-0.25, -0.2) is 9.59 Å². The summed E-state index contributed by atoms with van der Waals surface area (Å²) in [7, 11) is 1.26. The van der Waals surface area contributed by atoms with E-state index in [1.165, 1.54) is 7.11 Å². The highest BCUT2D eigenvalue weighted by atomic mass is 35.5. The maximum Gasteiger partial charge on any atom is 0.347 e. The number of ether oxygens (including phenoxy) is 2. The van der Waals surface area contributed by atoms with Crippen LogP contribution in [-0.4, -0.2) is 35.3 Å². The second kappa shape index (κ2) is 7.58. The molecule has 0 radical (unpaired) electrons. The molecular formula is C19H17ClN2O4. The minimum Gasteiger partial charge on any atom is -0.466 e. The zero-order valence-corrected chi connectivity index (χ0v) is 15.0. The van der Waals surface area contributed by atoms with Crippen LogP contribution in [0, 0.1) is 6.92 Å². The first kappa shape index (κ1) is 17.9. The Morgan fingerprint density at radius 1 is 1.23 bits per heavy atom. The molecule has 0 fully saturated rings. The number of aryl methyl sites for hydroxylation is 1. The Hall–Kier alpha value is -2.86. The number of fused-ring (bicyclic) bond motifs is 1. The van der Waals surface area contributed by atoms with Gasteiger partial charge in [0.15, 0.2) is 0 Å². The van der Waals surface area contributed by atoms with Gasteiger partial charge >= 0.3 is 11.9 Å². The summed E-state index contributed by atoms with van der Waals surface area (Å²) in [6, 6.07) is 10.1. The lowest BCUT2D eigenvalue weighted by Crippen LogP contribution is -2.30. The van der Waals surface area contributed by atoms with E-state index in [0.717, 1.165) is 22.0 Å². The molecule has 0 saturated carbocycles. The lowest BCUT2D eigenvalue weighted by molar-refractivity contribution is -0.150. The number of esters is 2. The molecule has 0 saturated heterocycles. The van der Waals surface area contributed by atoms with Crippen molar-refractivity contribution in [3.05, 3.63) is 64.3 Å². The van der Waals surface area contributed by atoms with Crippen molar-refractivity contribution in [2.24, 2.45) is 0 Å². The molecule has 2 aromatic carbocycles. The second-order valence-electron chi connectivity index (χ2n) is 5.88. The Morgan fingerprint density at radius 3 is 2.65 bits per heavy atom. The number of carbonyl (C=O) groups excluding carboxylic acids is 2. The molecule has 1 atom stereocenters. The molecule has 3 aromatic rings. The first-order valence-electron chi connectivity index (χ1n) is 7.95. The molecule has 0 aliphatic rings. The third-order valence-electron chi connectivity index (χ3n) is 4.02. The molecule has 134 valence electrons. The van der Waals surface area contributed by atoms with Gasteiger partial charge in [-0.15, -0.1) is 0 Å². The summed E-state index contributed by atoms with van der Waals surface area (Å²) in [6.07, 6.45) is 0.860. The Kier molecular flexibility index (Phi) is 5.23. The van der Waals surface area contributed by atoms with E-state index >= 15 is 0 Å². The maximum atomic E-state index is 12.3. The van der Waals surface area contributed by atoms with Gasteiger partial charge in [0, 0.05) is 16.8 Å². The Bertz CT molecular complexity index is 950. The fourth-order valence-corrected chi connectivity index (χ4v) is 2.86. The van der Waals surface area contributed by atoms with E-state index < -0.39 is 18.0 Å². The van der Waals surface area contributed by atoms with Crippen LogP contribution in [0.5, 0.6) is 0 Å². The van der Waals surface area contributed by atoms with Crippen LogP contribution >= 0.6 is 11.6 Å². The van der Waals surface area contributed by atoms with Crippen molar-refractivity contribution in [1.82, 2.24) is 10.2 Å². The number of hydrogen-bond donors (Lipinski definition) is 1. The molecule has 0 bridgehead atoms. The number of benzene rings is 2. The van der Waals surface area contributed by atoms with Crippen molar-refractivity contribution in [3.8, 4) is 0 Å². The predicted octanol–water partition coefficient (Wildman–Crippen LogP) is 3.47. The zero-order valence-electron chi connectivity index (χ0n) is 14.3. The van der Waals surface area contributed by atoms with Crippen molar-refractivity contribution in [1.29, 1.82) is 0 Å². The molecule has 0 spiro atoms. The number of aromatic amines is 1. The van der Waals surface area contributed by atoms with Crippen molar-refractivity contribution in [2.75, 3.05) is 7.11 Å². The van der Waals surface area contributed by atoms with E-state index in [-0.39, 0.29) is 6.42 Å². The van der Waals surface area contributed by atoms with E-state index in [1.54, 1.807) is 30.5 Å². The number of aromatic nitrogens is 2. The third-order valence-corrected chi connectivity index (χ3v) is 4.27. The maximum absolute atomic E-state index is 12.3. The van der Waals surface area contributed by atoms with E-state index in [2.05, 4.69) is 10.2 Å². The summed E-state index contributed by atoms with van der Waals surface area (Å²) in [5, 5.41) is 8.37. The smallest absolute Gasteiger partial charge is 0.347 e. The monoisotopic (exact) mass is 372 g/mol. The first-order valence-corrected chi connectivity index (χ1v) is 8.32. The van der Waals surface area contributed by atoms with E-state index in [9.17, 15) is 9.59 Å². The summed E-state index contributed by atoms with van der Waals surface area (Å²) < 4.78 is 10.2. The number of methoxy groups -OCH3 is 1. The minimum atomic E-state index is -1.05. The van der Waals surface area contributed by atoms with Crippen molar-refractivity contribution >= 4 is 34.4 Å². The second-order valence-corrected chi connectivity index (χ2v) is 6.31. The van der Waals surface area contributed by atoms with Crippen molar-refractivity contribution in [2.45, 2.75) is 19.4 Å². The van der Waals surface area contributed by atoms with E-state index in [4.69, 9.17) is 21.1 Å². The minimum absolute atomic E-state index is 0.202. The fourth-order valence-electron chi connectivity index (χ4n) is 2.73. The summed E-state index contributed by atoms with van der Waals surface area (Å²) >= 11 is 5.82. The van der Waals surface area contributed by atoms with Crippen LogP contribution in [0.25, 0.3) is 10.9 Å². The number of H-pyrrole nitrogens is 1. The van der Waals surface area contributed by atoms with Gasteiger partial charge in [-0.1, -0.05) is 17.7 Å². The molecule has 7 heteroatoms. The molecule has 0 amide bonds. The average Bonchev–Trinajstić information content (AvgIpc) is 3.10. The molecule has 0 aliphatic heterocycles. The highest BCUT2D eigenvalue weighted by Crippen LogP contribution is 2.20. The predicted molar refractivity (Wildman–Crippen MR) is 97.2 cm³/mol. The summed E-state index contributed by atoms with van der Waals surface area (Å²) in [5.41, 5.74) is 3.07. The molecule has 0 unspecified atom stereocenters. The van der Waals surface area contributed by atoms with Gasteiger partial charge in [0.25, 0.3) is 0 Å². The van der Waals surface area contributed by atoms with Gasteiger partial charge in [-0.2, -0.15) is 5.10 Å². The number of rotatable bonds is 5. The molecule has 1 heterocycles. The molecular weight excluding hydrogens is 356 g/mol. The summed E-state index contributed by atoms with van der Waals surface area (Å²) in [6.45, 7) is 1.94. The molecule has 1 N–H and O–H groups in total. The topological polar surface area (TPSA) is 81.3 Å². The fraction of sp³-hybridized carbons (Fsp3) is 0.211. The lowest BCUT2D eigenvalue weighted by atomic mass is 10.0. The Morgan fingerprint density at radius 2 is 1.96 bits per heavy atom. The largest absolute Gasteiger partial charge is 0.466 e. The standard InChI is InChI=1S/C19H17ClN2O4/c1-11-7-12(8-14-10-21-22-17(11)14)9-16(19(24)25-2)26-18(23)13-3-5-15(20)6-4-13/h3-8,10,16H,9H2,1-2H3,(H,21,22)/t16-/m1/s1. The normalized spacial score (nSPS) is 12.0. The van der Waals surface area contributed by atoms with Crippen LogP contribution in [0.2, 0.25) is 5.02 Å². The summed E-state index contributed by atoms with van der Waals surface area (Å²) in [4.78, 5) is 24.4.